The van der Waals surface area contributed by atoms with Crippen LogP contribution in [-0.2, 0) is 20.9 Å². The molecule has 4 nitrogen and oxygen atoms in total. The lowest BCUT2D eigenvalue weighted by Gasteiger charge is -2.47. The van der Waals surface area contributed by atoms with Crippen molar-refractivity contribution in [3.05, 3.63) is 35.9 Å². The first-order valence-corrected chi connectivity index (χ1v) is 9.13. The zero-order valence-corrected chi connectivity index (χ0v) is 14.9. The van der Waals surface area contributed by atoms with Gasteiger partial charge in [0, 0.05) is 18.0 Å². The Balaban J connectivity index is 1.66. The molecule has 0 radical (unpaired) electrons. The van der Waals surface area contributed by atoms with Gasteiger partial charge in [0.25, 0.3) is 0 Å². The van der Waals surface area contributed by atoms with Crippen LogP contribution in [-0.4, -0.2) is 43.7 Å². The molecule has 0 aromatic heterocycles. The Hall–Kier alpha value is -1.39. The Bertz CT molecular complexity index is 547. The van der Waals surface area contributed by atoms with Crippen molar-refractivity contribution in [1.29, 1.82) is 0 Å². The maximum absolute atomic E-state index is 12.3. The number of fused-ring (bicyclic) bond motifs is 1. The number of esters is 1. The van der Waals surface area contributed by atoms with E-state index in [4.69, 9.17) is 9.47 Å². The van der Waals surface area contributed by atoms with Gasteiger partial charge in [-0.15, -0.1) is 0 Å². The number of hydrogen-bond donors (Lipinski definition) is 0. The molecule has 1 aromatic rings. The molecule has 1 unspecified atom stereocenters. The summed E-state index contributed by atoms with van der Waals surface area (Å²) in [4.78, 5) is 14.6. The maximum atomic E-state index is 12.3. The van der Waals surface area contributed by atoms with Crippen molar-refractivity contribution in [3.63, 3.8) is 0 Å². The summed E-state index contributed by atoms with van der Waals surface area (Å²) in [6.45, 7) is 4.52. The fraction of sp³-hybridized carbons (Fsp3) is 0.650. The van der Waals surface area contributed by atoms with Gasteiger partial charge < -0.3 is 14.4 Å². The van der Waals surface area contributed by atoms with Gasteiger partial charge in [0.1, 0.15) is 0 Å². The lowest BCUT2D eigenvalue weighted by Crippen LogP contribution is -2.54. The summed E-state index contributed by atoms with van der Waals surface area (Å²) in [7, 11) is 2.15. The van der Waals surface area contributed by atoms with E-state index < -0.39 is 0 Å². The molecule has 2 fully saturated rings. The van der Waals surface area contributed by atoms with Crippen molar-refractivity contribution in [3.8, 4) is 0 Å². The third-order valence-corrected chi connectivity index (χ3v) is 5.67. The summed E-state index contributed by atoms with van der Waals surface area (Å²) in [5.74, 6) is -0.0678. The molecule has 1 aliphatic heterocycles. The number of benzene rings is 1. The Morgan fingerprint density at radius 1 is 1.33 bits per heavy atom. The number of rotatable bonds is 6. The normalized spacial score (nSPS) is 30.1. The van der Waals surface area contributed by atoms with E-state index in [1.165, 1.54) is 18.4 Å². The molecule has 0 bridgehead atoms. The van der Waals surface area contributed by atoms with Crippen molar-refractivity contribution in [2.24, 2.45) is 11.3 Å². The number of carbonyl (C=O) groups is 1. The van der Waals surface area contributed by atoms with Crippen LogP contribution in [0.1, 0.15) is 38.2 Å². The molecular weight excluding hydrogens is 302 g/mol. The van der Waals surface area contributed by atoms with E-state index in [0.29, 0.717) is 19.3 Å². The van der Waals surface area contributed by atoms with Gasteiger partial charge in [0.2, 0.25) is 0 Å². The first kappa shape index (κ1) is 17.4. The Morgan fingerprint density at radius 2 is 2.12 bits per heavy atom. The Morgan fingerprint density at radius 3 is 2.88 bits per heavy atom. The topological polar surface area (TPSA) is 38.8 Å². The number of likely N-dealkylation sites (tertiary alicyclic amines) is 1. The van der Waals surface area contributed by atoms with Crippen molar-refractivity contribution in [2.45, 2.75) is 45.3 Å². The second-order valence-corrected chi connectivity index (χ2v) is 7.34. The lowest BCUT2D eigenvalue weighted by molar-refractivity contribution is -0.155. The monoisotopic (exact) mass is 331 g/mol. The van der Waals surface area contributed by atoms with E-state index >= 15 is 0 Å². The second-order valence-electron chi connectivity index (χ2n) is 7.34. The van der Waals surface area contributed by atoms with Gasteiger partial charge >= 0.3 is 5.97 Å². The smallest absolute Gasteiger partial charge is 0.310 e. The number of carbonyl (C=O) groups excluding carboxylic acids is 1. The first-order chi connectivity index (χ1) is 11.6. The molecule has 132 valence electrons. The minimum Gasteiger partial charge on any atom is -0.466 e. The average Bonchev–Trinajstić information content (AvgIpc) is 3.00. The minimum atomic E-state index is -0.0443. The molecule has 0 amide bonds. The summed E-state index contributed by atoms with van der Waals surface area (Å²) in [5, 5.41) is 0. The van der Waals surface area contributed by atoms with Gasteiger partial charge in [0.15, 0.2) is 0 Å². The zero-order chi connectivity index (χ0) is 17.0. The maximum Gasteiger partial charge on any atom is 0.310 e. The molecule has 2 aliphatic rings. The van der Waals surface area contributed by atoms with E-state index in [9.17, 15) is 4.79 Å². The molecule has 24 heavy (non-hydrogen) atoms. The van der Waals surface area contributed by atoms with E-state index in [1.807, 2.05) is 25.1 Å². The van der Waals surface area contributed by atoms with Crippen LogP contribution in [0.25, 0.3) is 0 Å². The molecule has 3 rings (SSSR count). The van der Waals surface area contributed by atoms with Gasteiger partial charge in [-0.2, -0.15) is 0 Å². The number of hydrogen-bond acceptors (Lipinski definition) is 4. The SMILES string of the molecule is CCOC(=O)C1CN(C)[C@@H]2CCC[C@]2(COCc2ccccc2)C1. The third-order valence-electron chi connectivity index (χ3n) is 5.67. The molecule has 0 N–H and O–H groups in total. The largest absolute Gasteiger partial charge is 0.466 e. The molecular formula is C20H29NO3. The molecule has 1 saturated carbocycles. The van der Waals surface area contributed by atoms with Gasteiger partial charge in [-0.1, -0.05) is 36.8 Å². The van der Waals surface area contributed by atoms with Crippen LogP contribution >= 0.6 is 0 Å². The Kier molecular flexibility index (Phi) is 5.57. The van der Waals surface area contributed by atoms with Crippen molar-refractivity contribution < 1.29 is 14.3 Å². The fourth-order valence-electron chi connectivity index (χ4n) is 4.67. The predicted octanol–water partition coefficient (Wildman–Crippen LogP) is 3.26. The van der Waals surface area contributed by atoms with Gasteiger partial charge in [-0.05, 0) is 38.8 Å². The summed E-state index contributed by atoms with van der Waals surface area (Å²) < 4.78 is 11.4. The minimum absolute atomic E-state index is 0.0235. The molecule has 4 heteroatoms. The molecule has 1 aromatic carbocycles. The number of ether oxygens (including phenoxy) is 2. The highest BCUT2D eigenvalue weighted by Crippen LogP contribution is 2.49. The Labute approximate surface area is 145 Å². The van der Waals surface area contributed by atoms with Crippen molar-refractivity contribution in [1.82, 2.24) is 4.90 Å². The van der Waals surface area contributed by atoms with Crippen LogP contribution in [0.4, 0.5) is 0 Å². The summed E-state index contributed by atoms with van der Waals surface area (Å²) in [6, 6.07) is 10.8. The molecule has 1 heterocycles. The predicted molar refractivity (Wildman–Crippen MR) is 93.5 cm³/mol. The zero-order valence-electron chi connectivity index (χ0n) is 14.9. The van der Waals surface area contributed by atoms with Gasteiger partial charge in [0.05, 0.1) is 25.7 Å². The standard InChI is InChI=1S/C20H29NO3/c1-3-24-19(22)17-12-20(11-7-10-18(20)21(2)13-17)15-23-14-16-8-5-4-6-9-16/h4-6,8-9,17-18H,3,7,10-15H2,1-2H3/t17?,18-,20-/m1/s1. The summed E-state index contributed by atoms with van der Waals surface area (Å²) >= 11 is 0. The van der Waals surface area contributed by atoms with Crippen LogP contribution < -0.4 is 0 Å². The summed E-state index contributed by atoms with van der Waals surface area (Å²) in [5.41, 5.74) is 1.30. The number of piperidine rings is 1. The quantitative estimate of drug-likeness (QED) is 0.750. The van der Waals surface area contributed by atoms with Crippen LogP contribution in [0, 0.1) is 11.3 Å². The van der Waals surface area contributed by atoms with Crippen LogP contribution in [0.3, 0.4) is 0 Å². The van der Waals surface area contributed by atoms with Crippen LogP contribution in [0.2, 0.25) is 0 Å². The first-order valence-electron chi connectivity index (χ1n) is 9.13. The summed E-state index contributed by atoms with van der Waals surface area (Å²) in [6.07, 6.45) is 4.47. The molecule has 1 saturated heterocycles. The van der Waals surface area contributed by atoms with E-state index in [2.05, 4.69) is 24.1 Å². The molecule has 0 spiro atoms. The van der Waals surface area contributed by atoms with Gasteiger partial charge in [-0.25, -0.2) is 0 Å². The average molecular weight is 331 g/mol. The van der Waals surface area contributed by atoms with Crippen LogP contribution in [0.5, 0.6) is 0 Å². The lowest BCUT2D eigenvalue weighted by atomic mass is 9.71. The van der Waals surface area contributed by atoms with E-state index in [-0.39, 0.29) is 17.3 Å². The van der Waals surface area contributed by atoms with Crippen LogP contribution in [0.15, 0.2) is 30.3 Å². The fourth-order valence-corrected chi connectivity index (χ4v) is 4.67. The molecule has 1 aliphatic carbocycles. The van der Waals surface area contributed by atoms with Gasteiger partial charge in [-0.3, -0.25) is 4.79 Å². The van der Waals surface area contributed by atoms with Crippen molar-refractivity contribution >= 4 is 5.97 Å². The second kappa shape index (κ2) is 7.66. The molecule has 3 atom stereocenters. The van der Waals surface area contributed by atoms with E-state index in [1.54, 1.807) is 0 Å². The van der Waals surface area contributed by atoms with E-state index in [0.717, 1.165) is 26.0 Å². The van der Waals surface area contributed by atoms with Crippen molar-refractivity contribution in [2.75, 3.05) is 26.8 Å². The number of nitrogens with zero attached hydrogens (tertiary/aromatic N) is 1. The highest BCUT2D eigenvalue weighted by Gasteiger charge is 2.51. The third kappa shape index (κ3) is 3.65. The highest BCUT2D eigenvalue weighted by molar-refractivity contribution is 5.73. The highest BCUT2D eigenvalue weighted by atomic mass is 16.5.